The van der Waals surface area contributed by atoms with Crippen molar-refractivity contribution in [1.29, 1.82) is 0 Å². The van der Waals surface area contributed by atoms with E-state index in [9.17, 15) is 14.0 Å². The van der Waals surface area contributed by atoms with Gasteiger partial charge in [0.15, 0.2) is 0 Å². The van der Waals surface area contributed by atoms with E-state index in [0.717, 1.165) is 16.8 Å². The summed E-state index contributed by atoms with van der Waals surface area (Å²) in [6.07, 6.45) is 1.29. The first-order valence-electron chi connectivity index (χ1n) is 9.84. The number of likely N-dealkylation sites (tertiary alicyclic amines) is 1. The van der Waals surface area contributed by atoms with Crippen LogP contribution in [0.3, 0.4) is 0 Å². The van der Waals surface area contributed by atoms with Gasteiger partial charge in [0.2, 0.25) is 5.91 Å². The number of carbonyl (C=O) groups excluding carboxylic acids is 2. The third-order valence-corrected chi connectivity index (χ3v) is 5.46. The van der Waals surface area contributed by atoms with Gasteiger partial charge in [-0.05, 0) is 75.1 Å². The summed E-state index contributed by atoms with van der Waals surface area (Å²) >= 11 is 0. The van der Waals surface area contributed by atoms with Crippen molar-refractivity contribution >= 4 is 17.5 Å². The predicted molar refractivity (Wildman–Crippen MR) is 109 cm³/mol. The molecule has 0 radical (unpaired) electrons. The number of nitrogens with zero attached hydrogens (tertiary/aromatic N) is 2. The number of aryl methyl sites for hydroxylation is 2. The third-order valence-electron chi connectivity index (χ3n) is 5.46. The van der Waals surface area contributed by atoms with Crippen LogP contribution in [-0.2, 0) is 4.79 Å². The number of hydrogen-bond donors (Lipinski definition) is 0. The number of amides is 2. The maximum atomic E-state index is 13.2. The molecule has 2 aromatic carbocycles. The molecule has 1 heterocycles. The molecule has 148 valence electrons. The van der Waals surface area contributed by atoms with E-state index in [0.29, 0.717) is 38.0 Å². The van der Waals surface area contributed by atoms with Crippen molar-refractivity contribution in [2.24, 2.45) is 5.92 Å². The van der Waals surface area contributed by atoms with Crippen LogP contribution < -0.4 is 4.90 Å². The zero-order valence-corrected chi connectivity index (χ0v) is 16.7. The Morgan fingerprint density at radius 3 is 2.32 bits per heavy atom. The molecular formula is C23H27FN2O2. The molecule has 4 nitrogen and oxygen atoms in total. The SMILES string of the molecule is CCN(C(=O)C1CCN(C(=O)c2ccc(F)cc2)CC1)c1cc(C)ccc1C. The minimum absolute atomic E-state index is 0.0860. The summed E-state index contributed by atoms with van der Waals surface area (Å²) in [7, 11) is 0. The van der Waals surface area contributed by atoms with E-state index < -0.39 is 0 Å². The van der Waals surface area contributed by atoms with Gasteiger partial charge in [0, 0.05) is 36.8 Å². The van der Waals surface area contributed by atoms with Crippen molar-refractivity contribution < 1.29 is 14.0 Å². The molecule has 5 heteroatoms. The first-order chi connectivity index (χ1) is 13.4. The standard InChI is InChI=1S/C23H27FN2O2/c1-4-26(21-15-16(2)5-6-17(21)3)23(28)19-11-13-25(14-12-19)22(27)18-7-9-20(24)10-8-18/h5-10,15,19H,4,11-14H2,1-3H3. The van der Waals surface area contributed by atoms with Gasteiger partial charge in [0.05, 0.1) is 0 Å². The molecule has 2 amide bonds. The Bertz CT molecular complexity index is 855. The second kappa shape index (κ2) is 8.55. The summed E-state index contributed by atoms with van der Waals surface area (Å²) in [6, 6.07) is 11.8. The molecule has 0 atom stereocenters. The molecule has 3 rings (SSSR count). The molecule has 0 N–H and O–H groups in total. The van der Waals surface area contributed by atoms with Crippen LogP contribution in [0.25, 0.3) is 0 Å². The van der Waals surface area contributed by atoms with Crippen LogP contribution in [0.2, 0.25) is 0 Å². The normalized spacial score (nSPS) is 14.8. The van der Waals surface area contributed by atoms with Gasteiger partial charge in [-0.1, -0.05) is 12.1 Å². The lowest BCUT2D eigenvalue weighted by Crippen LogP contribution is -2.44. The number of benzene rings is 2. The van der Waals surface area contributed by atoms with E-state index >= 15 is 0 Å². The molecule has 1 aliphatic rings. The van der Waals surface area contributed by atoms with Gasteiger partial charge in [-0.3, -0.25) is 9.59 Å². The molecule has 1 aliphatic heterocycles. The first kappa shape index (κ1) is 20.1. The molecular weight excluding hydrogens is 355 g/mol. The minimum atomic E-state index is -0.355. The fourth-order valence-corrected chi connectivity index (χ4v) is 3.78. The molecule has 0 unspecified atom stereocenters. The summed E-state index contributed by atoms with van der Waals surface area (Å²) in [5, 5.41) is 0. The summed E-state index contributed by atoms with van der Waals surface area (Å²) in [6.45, 7) is 7.74. The fourth-order valence-electron chi connectivity index (χ4n) is 3.78. The molecule has 0 bridgehead atoms. The van der Waals surface area contributed by atoms with Gasteiger partial charge < -0.3 is 9.80 Å². The van der Waals surface area contributed by atoms with E-state index in [1.54, 1.807) is 4.90 Å². The van der Waals surface area contributed by atoms with Crippen LogP contribution in [0.15, 0.2) is 42.5 Å². The summed E-state index contributed by atoms with van der Waals surface area (Å²) in [5.41, 5.74) is 3.67. The molecule has 0 spiro atoms. The summed E-state index contributed by atoms with van der Waals surface area (Å²) < 4.78 is 13.1. The van der Waals surface area contributed by atoms with E-state index in [1.807, 2.05) is 31.7 Å². The molecule has 2 aromatic rings. The number of anilines is 1. The average Bonchev–Trinajstić information content (AvgIpc) is 2.71. The van der Waals surface area contributed by atoms with Crippen molar-refractivity contribution in [1.82, 2.24) is 4.90 Å². The molecule has 0 saturated carbocycles. The Labute approximate surface area is 166 Å². The highest BCUT2D eigenvalue weighted by atomic mass is 19.1. The van der Waals surface area contributed by atoms with Crippen molar-refractivity contribution in [3.63, 3.8) is 0 Å². The zero-order valence-electron chi connectivity index (χ0n) is 16.7. The Balaban J connectivity index is 1.66. The smallest absolute Gasteiger partial charge is 0.253 e. The Morgan fingerprint density at radius 2 is 1.71 bits per heavy atom. The van der Waals surface area contributed by atoms with E-state index in [4.69, 9.17) is 0 Å². The second-order valence-electron chi connectivity index (χ2n) is 7.45. The number of piperidine rings is 1. The quantitative estimate of drug-likeness (QED) is 0.789. The summed E-state index contributed by atoms with van der Waals surface area (Å²) in [5.74, 6) is -0.415. The van der Waals surface area contributed by atoms with Crippen molar-refractivity contribution in [2.45, 2.75) is 33.6 Å². The van der Waals surface area contributed by atoms with Crippen molar-refractivity contribution in [2.75, 3.05) is 24.5 Å². The van der Waals surface area contributed by atoms with E-state index in [2.05, 4.69) is 12.1 Å². The second-order valence-corrected chi connectivity index (χ2v) is 7.45. The van der Waals surface area contributed by atoms with Gasteiger partial charge >= 0.3 is 0 Å². The van der Waals surface area contributed by atoms with Crippen LogP contribution in [0, 0.1) is 25.6 Å². The highest BCUT2D eigenvalue weighted by Gasteiger charge is 2.31. The van der Waals surface area contributed by atoms with Gasteiger partial charge in [0.1, 0.15) is 5.82 Å². The van der Waals surface area contributed by atoms with E-state index in [1.165, 1.54) is 24.3 Å². The fraction of sp³-hybridized carbons (Fsp3) is 0.391. The lowest BCUT2D eigenvalue weighted by atomic mass is 9.94. The highest BCUT2D eigenvalue weighted by molar-refractivity contribution is 5.97. The van der Waals surface area contributed by atoms with Crippen molar-refractivity contribution in [3.05, 3.63) is 65.0 Å². The van der Waals surface area contributed by atoms with Gasteiger partial charge in [0.25, 0.3) is 5.91 Å². The first-order valence-corrected chi connectivity index (χ1v) is 9.84. The van der Waals surface area contributed by atoms with Crippen LogP contribution >= 0.6 is 0 Å². The lowest BCUT2D eigenvalue weighted by molar-refractivity contribution is -0.123. The summed E-state index contributed by atoms with van der Waals surface area (Å²) in [4.78, 5) is 29.4. The van der Waals surface area contributed by atoms with Crippen LogP contribution in [0.1, 0.15) is 41.3 Å². The average molecular weight is 382 g/mol. The molecule has 1 saturated heterocycles. The highest BCUT2D eigenvalue weighted by Crippen LogP contribution is 2.27. The lowest BCUT2D eigenvalue weighted by Gasteiger charge is -2.34. The van der Waals surface area contributed by atoms with Crippen molar-refractivity contribution in [3.8, 4) is 0 Å². The minimum Gasteiger partial charge on any atom is -0.339 e. The third kappa shape index (κ3) is 4.24. The van der Waals surface area contributed by atoms with E-state index in [-0.39, 0.29) is 23.5 Å². The topological polar surface area (TPSA) is 40.6 Å². The predicted octanol–water partition coefficient (Wildman–Crippen LogP) is 4.35. The van der Waals surface area contributed by atoms with Crippen LogP contribution in [-0.4, -0.2) is 36.3 Å². The number of rotatable bonds is 4. The number of hydrogen-bond acceptors (Lipinski definition) is 2. The van der Waals surface area contributed by atoms with Crippen LogP contribution in [0.4, 0.5) is 10.1 Å². The zero-order chi connectivity index (χ0) is 20.3. The molecule has 28 heavy (non-hydrogen) atoms. The monoisotopic (exact) mass is 382 g/mol. The van der Waals surface area contributed by atoms with Crippen LogP contribution in [0.5, 0.6) is 0 Å². The Hall–Kier alpha value is -2.69. The van der Waals surface area contributed by atoms with Gasteiger partial charge in [-0.15, -0.1) is 0 Å². The Kier molecular flexibility index (Phi) is 6.12. The Morgan fingerprint density at radius 1 is 1.07 bits per heavy atom. The maximum absolute atomic E-state index is 13.2. The van der Waals surface area contributed by atoms with Gasteiger partial charge in [-0.25, -0.2) is 4.39 Å². The van der Waals surface area contributed by atoms with Gasteiger partial charge in [-0.2, -0.15) is 0 Å². The maximum Gasteiger partial charge on any atom is 0.253 e. The molecule has 1 fully saturated rings. The molecule has 0 aliphatic carbocycles. The number of halogens is 1. The number of carbonyl (C=O) groups is 2. The largest absolute Gasteiger partial charge is 0.339 e. The molecule has 0 aromatic heterocycles.